The van der Waals surface area contributed by atoms with Crippen LogP contribution in [0.25, 0.3) is 0 Å². The lowest BCUT2D eigenvalue weighted by Gasteiger charge is -2.09. The predicted octanol–water partition coefficient (Wildman–Crippen LogP) is 2.79. The molecule has 0 aliphatic carbocycles. The fraction of sp³-hybridized carbons (Fsp3) is 0.214. The summed E-state index contributed by atoms with van der Waals surface area (Å²) in [5.41, 5.74) is 1.01. The van der Waals surface area contributed by atoms with E-state index in [1.54, 1.807) is 0 Å². The van der Waals surface area contributed by atoms with Crippen LogP contribution in [0, 0.1) is 17.0 Å². The maximum atomic E-state index is 10.8. The molecule has 6 heteroatoms. The van der Waals surface area contributed by atoms with Crippen LogP contribution in [0.1, 0.15) is 5.56 Å². The highest BCUT2D eigenvalue weighted by Crippen LogP contribution is 2.20. The Morgan fingerprint density at radius 1 is 1.30 bits per heavy atom. The first kappa shape index (κ1) is 13.8. The van der Waals surface area contributed by atoms with Crippen LogP contribution in [0.4, 0.5) is 11.5 Å². The van der Waals surface area contributed by atoms with Crippen LogP contribution in [0.5, 0.6) is 5.75 Å². The Hall–Kier alpha value is -2.63. The summed E-state index contributed by atoms with van der Waals surface area (Å²) in [6, 6.07) is 10.6. The van der Waals surface area contributed by atoms with Gasteiger partial charge in [-0.25, -0.2) is 4.98 Å². The van der Waals surface area contributed by atoms with Crippen molar-refractivity contribution in [2.75, 3.05) is 18.5 Å². The molecule has 0 saturated carbocycles. The lowest BCUT2D eigenvalue weighted by molar-refractivity contribution is -0.384. The van der Waals surface area contributed by atoms with Gasteiger partial charge in [-0.1, -0.05) is 18.2 Å². The minimum atomic E-state index is -0.461. The van der Waals surface area contributed by atoms with E-state index in [4.69, 9.17) is 4.74 Å². The van der Waals surface area contributed by atoms with E-state index in [1.807, 2.05) is 31.2 Å². The average molecular weight is 273 g/mol. The zero-order valence-corrected chi connectivity index (χ0v) is 11.1. The van der Waals surface area contributed by atoms with Crippen LogP contribution in [0.2, 0.25) is 0 Å². The first-order chi connectivity index (χ1) is 9.68. The molecule has 0 unspecified atom stereocenters. The molecule has 0 fully saturated rings. The number of rotatable bonds is 6. The standard InChI is InChI=1S/C14H15N3O3/c1-11-5-2-3-7-13(11)20-10-9-16-14-12(17(18)19)6-4-8-15-14/h2-8H,9-10H2,1H3,(H,15,16). The molecular weight excluding hydrogens is 258 g/mol. The SMILES string of the molecule is Cc1ccccc1OCCNc1ncccc1[N+](=O)[O-]. The van der Waals surface area contributed by atoms with Crippen molar-refractivity contribution < 1.29 is 9.66 Å². The summed E-state index contributed by atoms with van der Waals surface area (Å²) < 4.78 is 5.60. The minimum absolute atomic E-state index is 0.0385. The topological polar surface area (TPSA) is 77.3 Å². The summed E-state index contributed by atoms with van der Waals surface area (Å²) in [4.78, 5) is 14.3. The van der Waals surface area contributed by atoms with Gasteiger partial charge in [-0.2, -0.15) is 0 Å². The van der Waals surface area contributed by atoms with Gasteiger partial charge in [0.1, 0.15) is 12.4 Å². The Bertz CT molecular complexity index is 602. The van der Waals surface area contributed by atoms with E-state index in [0.29, 0.717) is 13.2 Å². The largest absolute Gasteiger partial charge is 0.491 e. The number of nitro groups is 1. The molecule has 1 aromatic heterocycles. The van der Waals surface area contributed by atoms with Crippen LogP contribution >= 0.6 is 0 Å². The van der Waals surface area contributed by atoms with E-state index < -0.39 is 4.92 Å². The molecule has 20 heavy (non-hydrogen) atoms. The fourth-order valence-corrected chi connectivity index (χ4v) is 1.73. The maximum absolute atomic E-state index is 10.8. The Kier molecular flexibility index (Phi) is 4.49. The fourth-order valence-electron chi connectivity index (χ4n) is 1.73. The van der Waals surface area contributed by atoms with Crippen molar-refractivity contribution in [2.45, 2.75) is 6.92 Å². The number of hydrogen-bond acceptors (Lipinski definition) is 5. The number of pyridine rings is 1. The number of anilines is 1. The monoisotopic (exact) mass is 273 g/mol. The highest BCUT2D eigenvalue weighted by Gasteiger charge is 2.13. The zero-order valence-electron chi connectivity index (χ0n) is 11.1. The molecule has 0 atom stereocenters. The average Bonchev–Trinajstić information content (AvgIpc) is 2.45. The maximum Gasteiger partial charge on any atom is 0.311 e. The van der Waals surface area contributed by atoms with Crippen LogP contribution in [0.15, 0.2) is 42.6 Å². The highest BCUT2D eigenvalue weighted by molar-refractivity contribution is 5.54. The van der Waals surface area contributed by atoms with E-state index >= 15 is 0 Å². The lowest BCUT2D eigenvalue weighted by atomic mass is 10.2. The smallest absolute Gasteiger partial charge is 0.311 e. The number of nitrogens with zero attached hydrogens (tertiary/aromatic N) is 2. The van der Waals surface area contributed by atoms with E-state index in [1.165, 1.54) is 18.3 Å². The van der Waals surface area contributed by atoms with Crippen LogP contribution < -0.4 is 10.1 Å². The van der Waals surface area contributed by atoms with E-state index in [-0.39, 0.29) is 11.5 Å². The minimum Gasteiger partial charge on any atom is -0.491 e. The number of aromatic nitrogens is 1. The Labute approximate surface area is 116 Å². The van der Waals surface area contributed by atoms with Gasteiger partial charge in [0, 0.05) is 12.3 Å². The number of para-hydroxylation sites is 1. The molecule has 6 nitrogen and oxygen atoms in total. The Balaban J connectivity index is 1.88. The normalized spacial score (nSPS) is 10.1. The molecule has 0 radical (unpaired) electrons. The van der Waals surface area contributed by atoms with Gasteiger partial charge in [-0.3, -0.25) is 10.1 Å². The Morgan fingerprint density at radius 2 is 2.10 bits per heavy atom. The van der Waals surface area contributed by atoms with Gasteiger partial charge >= 0.3 is 5.69 Å². The first-order valence-electron chi connectivity index (χ1n) is 6.20. The van der Waals surface area contributed by atoms with Gasteiger partial charge in [0.2, 0.25) is 5.82 Å². The third kappa shape index (κ3) is 3.44. The van der Waals surface area contributed by atoms with Crippen LogP contribution in [-0.4, -0.2) is 23.1 Å². The summed E-state index contributed by atoms with van der Waals surface area (Å²) in [6.07, 6.45) is 1.51. The molecule has 0 saturated heterocycles. The predicted molar refractivity (Wildman–Crippen MR) is 76.1 cm³/mol. The molecule has 0 amide bonds. The first-order valence-corrected chi connectivity index (χ1v) is 6.20. The zero-order chi connectivity index (χ0) is 14.4. The van der Waals surface area contributed by atoms with Crippen molar-refractivity contribution in [1.82, 2.24) is 4.98 Å². The molecule has 0 spiro atoms. The van der Waals surface area contributed by atoms with Crippen LogP contribution in [0.3, 0.4) is 0 Å². The van der Waals surface area contributed by atoms with Gasteiger partial charge in [0.25, 0.3) is 0 Å². The number of benzene rings is 1. The highest BCUT2D eigenvalue weighted by atomic mass is 16.6. The third-order valence-electron chi connectivity index (χ3n) is 2.73. The summed E-state index contributed by atoms with van der Waals surface area (Å²) in [5, 5.41) is 13.7. The lowest BCUT2D eigenvalue weighted by Crippen LogP contribution is -2.13. The molecule has 2 aromatic rings. The van der Waals surface area contributed by atoms with Crippen molar-refractivity contribution in [1.29, 1.82) is 0 Å². The van der Waals surface area contributed by atoms with E-state index in [0.717, 1.165) is 11.3 Å². The van der Waals surface area contributed by atoms with E-state index in [2.05, 4.69) is 10.3 Å². The number of aryl methyl sites for hydroxylation is 1. The molecule has 1 heterocycles. The second-order valence-corrected chi connectivity index (χ2v) is 4.17. The number of nitrogens with one attached hydrogen (secondary N) is 1. The molecule has 104 valence electrons. The van der Waals surface area contributed by atoms with Gasteiger partial charge in [-0.05, 0) is 24.6 Å². The number of hydrogen-bond donors (Lipinski definition) is 1. The van der Waals surface area contributed by atoms with Gasteiger partial charge in [0.15, 0.2) is 0 Å². The molecule has 1 aromatic carbocycles. The van der Waals surface area contributed by atoms with Gasteiger partial charge < -0.3 is 10.1 Å². The molecular formula is C14H15N3O3. The molecule has 0 bridgehead atoms. The molecule has 0 aliphatic rings. The molecule has 2 rings (SSSR count). The van der Waals surface area contributed by atoms with Gasteiger partial charge in [-0.15, -0.1) is 0 Å². The Morgan fingerprint density at radius 3 is 2.85 bits per heavy atom. The second-order valence-electron chi connectivity index (χ2n) is 4.17. The van der Waals surface area contributed by atoms with Crippen molar-refractivity contribution in [2.24, 2.45) is 0 Å². The van der Waals surface area contributed by atoms with Crippen LogP contribution in [-0.2, 0) is 0 Å². The summed E-state index contributed by atoms with van der Waals surface area (Å²) >= 11 is 0. The summed E-state index contributed by atoms with van der Waals surface area (Å²) in [7, 11) is 0. The third-order valence-corrected chi connectivity index (χ3v) is 2.73. The van der Waals surface area contributed by atoms with Gasteiger partial charge in [0.05, 0.1) is 11.5 Å². The molecule has 1 N–H and O–H groups in total. The number of ether oxygens (including phenoxy) is 1. The molecule has 0 aliphatic heterocycles. The van der Waals surface area contributed by atoms with Crippen molar-refractivity contribution in [3.8, 4) is 5.75 Å². The van der Waals surface area contributed by atoms with Crippen molar-refractivity contribution in [3.05, 3.63) is 58.3 Å². The van der Waals surface area contributed by atoms with Crippen molar-refractivity contribution in [3.63, 3.8) is 0 Å². The summed E-state index contributed by atoms with van der Waals surface area (Å²) in [6.45, 7) is 2.80. The van der Waals surface area contributed by atoms with Crippen molar-refractivity contribution >= 4 is 11.5 Å². The second kappa shape index (κ2) is 6.51. The quantitative estimate of drug-likeness (QED) is 0.497. The van der Waals surface area contributed by atoms with E-state index in [9.17, 15) is 10.1 Å². The summed E-state index contributed by atoms with van der Waals surface area (Å²) in [5.74, 6) is 1.07.